The molecule has 0 saturated heterocycles. The van der Waals surface area contributed by atoms with Gasteiger partial charge in [0.2, 0.25) is 0 Å². The summed E-state index contributed by atoms with van der Waals surface area (Å²) in [7, 11) is 1.50. The van der Waals surface area contributed by atoms with E-state index in [0.29, 0.717) is 11.2 Å². The molecule has 1 aliphatic carbocycles. The number of methoxy groups -OCH3 is 1. The number of nitrogens with one attached hydrogen (secondary N) is 1. The molecular formula is C14H27NO2S. The number of likely N-dealkylation sites (N-methyl/N-ethyl adjacent to an activating group) is 1. The first-order valence-electron chi connectivity index (χ1n) is 7.01. The SMILES string of the molecule is CCNC1(C(=O)OC)CCCC1CCSC(C)C. The fraction of sp³-hybridized carbons (Fsp3) is 0.929. The largest absolute Gasteiger partial charge is 0.468 e. The molecule has 0 heterocycles. The van der Waals surface area contributed by atoms with Gasteiger partial charge >= 0.3 is 5.97 Å². The maximum atomic E-state index is 12.1. The van der Waals surface area contributed by atoms with E-state index in [9.17, 15) is 4.79 Å². The molecule has 1 aliphatic rings. The van der Waals surface area contributed by atoms with Gasteiger partial charge in [-0.3, -0.25) is 4.79 Å². The summed E-state index contributed by atoms with van der Waals surface area (Å²) in [5.74, 6) is 1.49. The second-order valence-corrected chi connectivity index (χ2v) is 6.98. The Morgan fingerprint density at radius 3 is 2.83 bits per heavy atom. The number of carbonyl (C=O) groups excluding carboxylic acids is 1. The molecule has 18 heavy (non-hydrogen) atoms. The van der Waals surface area contributed by atoms with Crippen LogP contribution in [-0.2, 0) is 9.53 Å². The molecule has 0 radical (unpaired) electrons. The van der Waals surface area contributed by atoms with Gasteiger partial charge in [0.05, 0.1) is 7.11 Å². The molecule has 3 nitrogen and oxygen atoms in total. The van der Waals surface area contributed by atoms with Crippen molar-refractivity contribution < 1.29 is 9.53 Å². The fourth-order valence-corrected chi connectivity index (χ4v) is 3.88. The topological polar surface area (TPSA) is 38.3 Å². The maximum absolute atomic E-state index is 12.1. The quantitative estimate of drug-likeness (QED) is 0.724. The molecule has 0 spiro atoms. The lowest BCUT2D eigenvalue weighted by Crippen LogP contribution is -2.55. The van der Waals surface area contributed by atoms with E-state index in [1.807, 2.05) is 11.8 Å². The molecule has 0 aromatic heterocycles. The minimum Gasteiger partial charge on any atom is -0.468 e. The zero-order valence-corrected chi connectivity index (χ0v) is 12.9. The van der Waals surface area contributed by atoms with Crippen LogP contribution >= 0.6 is 11.8 Å². The van der Waals surface area contributed by atoms with Crippen LogP contribution in [0.15, 0.2) is 0 Å². The highest BCUT2D eigenvalue weighted by molar-refractivity contribution is 7.99. The van der Waals surface area contributed by atoms with E-state index in [2.05, 4.69) is 26.1 Å². The molecule has 2 atom stereocenters. The van der Waals surface area contributed by atoms with E-state index >= 15 is 0 Å². The highest BCUT2D eigenvalue weighted by Crippen LogP contribution is 2.39. The van der Waals surface area contributed by atoms with Gasteiger partial charge in [-0.15, -0.1) is 0 Å². The molecule has 1 saturated carbocycles. The summed E-state index contributed by atoms with van der Waals surface area (Å²) in [6, 6.07) is 0. The Balaban J connectivity index is 2.65. The number of carbonyl (C=O) groups is 1. The third-order valence-electron chi connectivity index (χ3n) is 3.78. The van der Waals surface area contributed by atoms with E-state index in [-0.39, 0.29) is 5.97 Å². The van der Waals surface area contributed by atoms with Crippen molar-refractivity contribution in [3.05, 3.63) is 0 Å². The van der Waals surface area contributed by atoms with Gasteiger partial charge in [-0.2, -0.15) is 11.8 Å². The van der Waals surface area contributed by atoms with Crippen molar-refractivity contribution in [3.8, 4) is 0 Å². The van der Waals surface area contributed by atoms with Crippen LogP contribution in [-0.4, -0.2) is 36.2 Å². The van der Waals surface area contributed by atoms with Gasteiger partial charge in [0, 0.05) is 0 Å². The predicted octanol–water partition coefficient (Wildman–Crippen LogP) is 2.84. The Bertz CT molecular complexity index is 271. The Hall–Kier alpha value is -0.220. The molecule has 2 unspecified atom stereocenters. The third kappa shape index (κ3) is 3.64. The first kappa shape index (κ1) is 15.8. The number of ether oxygens (including phenoxy) is 1. The first-order valence-corrected chi connectivity index (χ1v) is 8.06. The summed E-state index contributed by atoms with van der Waals surface area (Å²) in [6.45, 7) is 7.32. The molecule has 0 amide bonds. The van der Waals surface area contributed by atoms with Crippen LogP contribution in [0, 0.1) is 5.92 Å². The molecule has 1 rings (SSSR count). The zero-order chi connectivity index (χ0) is 13.6. The van der Waals surface area contributed by atoms with Crippen molar-refractivity contribution in [1.82, 2.24) is 5.32 Å². The number of hydrogen-bond acceptors (Lipinski definition) is 4. The van der Waals surface area contributed by atoms with Crippen LogP contribution in [0.1, 0.15) is 46.5 Å². The molecule has 0 aromatic rings. The van der Waals surface area contributed by atoms with Gasteiger partial charge in [0.25, 0.3) is 0 Å². The molecule has 1 N–H and O–H groups in total. The van der Waals surface area contributed by atoms with Crippen molar-refractivity contribution in [1.29, 1.82) is 0 Å². The van der Waals surface area contributed by atoms with Crippen molar-refractivity contribution in [2.75, 3.05) is 19.4 Å². The van der Waals surface area contributed by atoms with E-state index in [1.54, 1.807) is 0 Å². The molecule has 106 valence electrons. The Morgan fingerprint density at radius 1 is 1.56 bits per heavy atom. The van der Waals surface area contributed by atoms with Crippen LogP contribution in [0.3, 0.4) is 0 Å². The van der Waals surface area contributed by atoms with Crippen LogP contribution < -0.4 is 5.32 Å². The van der Waals surface area contributed by atoms with E-state index in [4.69, 9.17) is 4.74 Å². The number of esters is 1. The van der Waals surface area contributed by atoms with Crippen molar-refractivity contribution in [3.63, 3.8) is 0 Å². The van der Waals surface area contributed by atoms with Gasteiger partial charge < -0.3 is 10.1 Å². The highest BCUT2D eigenvalue weighted by atomic mass is 32.2. The van der Waals surface area contributed by atoms with Gasteiger partial charge in [0.15, 0.2) is 0 Å². The summed E-state index contributed by atoms with van der Waals surface area (Å²) in [4.78, 5) is 12.1. The third-order valence-corrected chi connectivity index (χ3v) is 4.92. The summed E-state index contributed by atoms with van der Waals surface area (Å²) >= 11 is 1.98. The van der Waals surface area contributed by atoms with Crippen LogP contribution in [0.4, 0.5) is 0 Å². The lowest BCUT2D eigenvalue weighted by Gasteiger charge is -2.33. The molecule has 4 heteroatoms. The van der Waals surface area contributed by atoms with E-state index in [1.165, 1.54) is 7.11 Å². The Kier molecular flexibility index (Phi) is 6.50. The van der Waals surface area contributed by atoms with Gasteiger partial charge in [-0.25, -0.2) is 0 Å². The summed E-state index contributed by atoms with van der Waals surface area (Å²) in [5.41, 5.74) is -0.416. The minimum absolute atomic E-state index is 0.0682. The summed E-state index contributed by atoms with van der Waals surface area (Å²) in [5, 5.41) is 4.08. The van der Waals surface area contributed by atoms with Crippen LogP contribution in [0.2, 0.25) is 0 Å². The Labute approximate surface area is 115 Å². The lowest BCUT2D eigenvalue weighted by molar-refractivity contribution is -0.150. The first-order chi connectivity index (χ1) is 8.56. The Morgan fingerprint density at radius 2 is 2.28 bits per heavy atom. The van der Waals surface area contributed by atoms with Crippen molar-refractivity contribution in [2.24, 2.45) is 5.92 Å². The van der Waals surface area contributed by atoms with Crippen LogP contribution in [0.25, 0.3) is 0 Å². The normalized spacial score (nSPS) is 27.7. The maximum Gasteiger partial charge on any atom is 0.326 e. The number of hydrogen-bond donors (Lipinski definition) is 1. The smallest absolute Gasteiger partial charge is 0.326 e. The van der Waals surface area contributed by atoms with Crippen molar-refractivity contribution in [2.45, 2.75) is 57.2 Å². The molecular weight excluding hydrogens is 246 g/mol. The number of rotatable bonds is 7. The van der Waals surface area contributed by atoms with E-state index in [0.717, 1.165) is 38.0 Å². The minimum atomic E-state index is -0.416. The molecule has 0 aromatic carbocycles. The fourth-order valence-electron chi connectivity index (χ4n) is 2.99. The predicted molar refractivity (Wildman–Crippen MR) is 78.0 cm³/mol. The van der Waals surface area contributed by atoms with Gasteiger partial charge in [0.1, 0.15) is 5.54 Å². The highest BCUT2D eigenvalue weighted by Gasteiger charge is 2.48. The summed E-state index contributed by atoms with van der Waals surface area (Å²) in [6.07, 6.45) is 4.29. The van der Waals surface area contributed by atoms with Gasteiger partial charge in [-0.1, -0.05) is 27.2 Å². The van der Waals surface area contributed by atoms with Crippen LogP contribution in [0.5, 0.6) is 0 Å². The number of thioether (sulfide) groups is 1. The van der Waals surface area contributed by atoms with Gasteiger partial charge in [-0.05, 0) is 42.7 Å². The lowest BCUT2D eigenvalue weighted by atomic mass is 9.85. The average molecular weight is 273 g/mol. The average Bonchev–Trinajstić information content (AvgIpc) is 2.73. The van der Waals surface area contributed by atoms with E-state index < -0.39 is 5.54 Å². The summed E-state index contributed by atoms with van der Waals surface area (Å²) < 4.78 is 5.04. The molecule has 1 fully saturated rings. The molecule has 0 bridgehead atoms. The standard InChI is InChI=1S/C14H27NO2S/c1-5-15-14(13(16)17-4)9-6-7-12(14)8-10-18-11(2)3/h11-12,15H,5-10H2,1-4H3. The van der Waals surface area contributed by atoms with Crippen molar-refractivity contribution >= 4 is 17.7 Å². The second kappa shape index (κ2) is 7.39. The monoisotopic (exact) mass is 273 g/mol. The molecule has 0 aliphatic heterocycles. The second-order valence-electron chi connectivity index (χ2n) is 5.29. The zero-order valence-electron chi connectivity index (χ0n) is 12.1.